The van der Waals surface area contributed by atoms with E-state index in [-0.39, 0.29) is 17.5 Å². The summed E-state index contributed by atoms with van der Waals surface area (Å²) in [6.45, 7) is 7.50. The van der Waals surface area contributed by atoms with E-state index >= 15 is 0 Å². The van der Waals surface area contributed by atoms with Crippen LogP contribution in [-0.2, 0) is 14.8 Å². The van der Waals surface area contributed by atoms with Crippen molar-refractivity contribution >= 4 is 33.2 Å². The third-order valence-electron chi connectivity index (χ3n) is 5.61. The standard InChI is InChI=1S/C26H29ClN2O3S/c1-5-25(23-14-11-18(2)15-20(23)4)28-26(30)17-29(21-13-12-19(3)24(27)16-21)33(31,32)22-9-7-6-8-10-22/h6-16,25H,5,17H2,1-4H3,(H,28,30). The van der Waals surface area contributed by atoms with Crippen molar-refractivity contribution < 1.29 is 13.2 Å². The lowest BCUT2D eigenvalue weighted by Gasteiger charge is -2.26. The van der Waals surface area contributed by atoms with Gasteiger partial charge < -0.3 is 5.32 Å². The molecule has 1 amide bonds. The Morgan fingerprint density at radius 1 is 0.970 bits per heavy atom. The van der Waals surface area contributed by atoms with Gasteiger partial charge in [0.05, 0.1) is 16.6 Å². The molecule has 1 unspecified atom stereocenters. The first-order valence-electron chi connectivity index (χ1n) is 10.8. The third kappa shape index (κ3) is 5.75. The number of halogens is 1. The van der Waals surface area contributed by atoms with E-state index in [0.717, 1.165) is 26.6 Å². The first-order chi connectivity index (χ1) is 15.6. The number of hydrogen-bond acceptors (Lipinski definition) is 3. The summed E-state index contributed by atoms with van der Waals surface area (Å²) in [5.41, 5.74) is 4.41. The van der Waals surface area contributed by atoms with Crippen LogP contribution in [0.4, 0.5) is 5.69 Å². The van der Waals surface area contributed by atoms with Crippen molar-refractivity contribution in [2.24, 2.45) is 0 Å². The molecular weight excluding hydrogens is 456 g/mol. The molecule has 3 rings (SSSR count). The van der Waals surface area contributed by atoms with Crippen LogP contribution in [-0.4, -0.2) is 20.9 Å². The zero-order valence-electron chi connectivity index (χ0n) is 19.3. The molecule has 174 valence electrons. The number of carbonyl (C=O) groups excluding carboxylic acids is 1. The highest BCUT2D eigenvalue weighted by Gasteiger charge is 2.28. The van der Waals surface area contributed by atoms with Gasteiger partial charge in [-0.3, -0.25) is 9.10 Å². The molecule has 0 spiro atoms. The van der Waals surface area contributed by atoms with Crippen molar-refractivity contribution in [3.8, 4) is 0 Å². The number of rotatable bonds is 8. The Morgan fingerprint density at radius 2 is 1.67 bits per heavy atom. The molecule has 33 heavy (non-hydrogen) atoms. The van der Waals surface area contributed by atoms with Gasteiger partial charge in [0.15, 0.2) is 0 Å². The fraction of sp³-hybridized carbons (Fsp3) is 0.269. The predicted octanol–water partition coefficient (Wildman–Crippen LogP) is 5.73. The van der Waals surface area contributed by atoms with E-state index in [2.05, 4.69) is 11.4 Å². The van der Waals surface area contributed by atoms with Crippen LogP contribution in [0.5, 0.6) is 0 Å². The van der Waals surface area contributed by atoms with Gasteiger partial charge in [0.2, 0.25) is 5.91 Å². The normalized spacial score (nSPS) is 12.3. The second-order valence-electron chi connectivity index (χ2n) is 8.15. The molecule has 5 nitrogen and oxygen atoms in total. The van der Waals surface area contributed by atoms with E-state index < -0.39 is 15.9 Å². The minimum atomic E-state index is -3.99. The minimum absolute atomic E-state index is 0.107. The zero-order valence-corrected chi connectivity index (χ0v) is 20.9. The number of nitrogens with one attached hydrogen (secondary N) is 1. The van der Waals surface area contributed by atoms with E-state index in [4.69, 9.17) is 11.6 Å². The largest absolute Gasteiger partial charge is 0.348 e. The average Bonchev–Trinajstić information content (AvgIpc) is 2.78. The molecule has 0 heterocycles. The molecule has 0 fully saturated rings. The third-order valence-corrected chi connectivity index (χ3v) is 7.80. The molecule has 0 radical (unpaired) electrons. The van der Waals surface area contributed by atoms with Crippen LogP contribution in [0.3, 0.4) is 0 Å². The molecule has 0 aliphatic heterocycles. The molecule has 7 heteroatoms. The van der Waals surface area contributed by atoms with Crippen molar-refractivity contribution in [1.29, 1.82) is 0 Å². The fourth-order valence-corrected chi connectivity index (χ4v) is 5.37. The second kappa shape index (κ2) is 10.4. The van der Waals surface area contributed by atoms with E-state index in [1.165, 1.54) is 12.1 Å². The lowest BCUT2D eigenvalue weighted by molar-refractivity contribution is -0.120. The van der Waals surface area contributed by atoms with Crippen LogP contribution in [0.2, 0.25) is 5.02 Å². The quantitative estimate of drug-likeness (QED) is 0.444. The summed E-state index contributed by atoms with van der Waals surface area (Å²) in [6, 6.07) is 18.9. The van der Waals surface area contributed by atoms with Gasteiger partial charge in [0.25, 0.3) is 10.0 Å². The highest BCUT2D eigenvalue weighted by Crippen LogP contribution is 2.28. The highest BCUT2D eigenvalue weighted by molar-refractivity contribution is 7.92. The van der Waals surface area contributed by atoms with Gasteiger partial charge in [-0.1, -0.05) is 66.6 Å². The fourth-order valence-electron chi connectivity index (χ4n) is 3.76. The van der Waals surface area contributed by atoms with Crippen LogP contribution in [0.1, 0.15) is 41.6 Å². The number of aryl methyl sites for hydroxylation is 3. The second-order valence-corrected chi connectivity index (χ2v) is 10.4. The SMILES string of the molecule is CCC(NC(=O)CN(c1ccc(C)c(Cl)c1)S(=O)(=O)c1ccccc1)c1ccc(C)cc1C. The van der Waals surface area contributed by atoms with E-state index in [9.17, 15) is 13.2 Å². The number of hydrogen-bond donors (Lipinski definition) is 1. The van der Waals surface area contributed by atoms with Crippen molar-refractivity contribution in [3.05, 3.63) is 94.0 Å². The van der Waals surface area contributed by atoms with E-state index in [0.29, 0.717) is 17.1 Å². The Morgan fingerprint density at radius 3 is 2.27 bits per heavy atom. The molecule has 0 aliphatic carbocycles. The molecule has 3 aromatic carbocycles. The summed E-state index contributed by atoms with van der Waals surface area (Å²) >= 11 is 6.29. The van der Waals surface area contributed by atoms with Crippen LogP contribution in [0.15, 0.2) is 71.6 Å². The van der Waals surface area contributed by atoms with Gasteiger partial charge in [-0.25, -0.2) is 8.42 Å². The molecule has 0 aliphatic rings. The van der Waals surface area contributed by atoms with E-state index in [1.54, 1.807) is 36.4 Å². The Bertz CT molecular complexity index is 1240. The van der Waals surface area contributed by atoms with Gasteiger partial charge in [-0.2, -0.15) is 0 Å². The van der Waals surface area contributed by atoms with Crippen molar-refractivity contribution in [2.45, 2.75) is 45.1 Å². The number of benzene rings is 3. The van der Waals surface area contributed by atoms with Gasteiger partial charge >= 0.3 is 0 Å². The summed E-state index contributed by atoms with van der Waals surface area (Å²) in [5.74, 6) is -0.391. The Kier molecular flexibility index (Phi) is 7.82. The maximum absolute atomic E-state index is 13.5. The van der Waals surface area contributed by atoms with Crippen molar-refractivity contribution in [2.75, 3.05) is 10.8 Å². The number of anilines is 1. The number of amides is 1. The van der Waals surface area contributed by atoms with Gasteiger partial charge in [-0.05, 0) is 68.1 Å². The van der Waals surface area contributed by atoms with Crippen molar-refractivity contribution in [1.82, 2.24) is 5.32 Å². The summed E-state index contributed by atoms with van der Waals surface area (Å²) in [5, 5.41) is 3.45. The summed E-state index contributed by atoms with van der Waals surface area (Å²) < 4.78 is 28.1. The number of sulfonamides is 1. The molecule has 1 atom stereocenters. The molecule has 3 aromatic rings. The Balaban J connectivity index is 1.94. The predicted molar refractivity (Wildman–Crippen MR) is 134 cm³/mol. The first-order valence-corrected chi connectivity index (χ1v) is 12.7. The molecule has 0 saturated heterocycles. The van der Waals surface area contributed by atoms with Gasteiger partial charge in [0.1, 0.15) is 6.54 Å². The highest BCUT2D eigenvalue weighted by atomic mass is 35.5. The number of carbonyl (C=O) groups is 1. The minimum Gasteiger partial charge on any atom is -0.348 e. The van der Waals surface area contributed by atoms with Crippen LogP contribution < -0.4 is 9.62 Å². The van der Waals surface area contributed by atoms with Crippen molar-refractivity contribution in [3.63, 3.8) is 0 Å². The van der Waals surface area contributed by atoms with Crippen LogP contribution >= 0.6 is 11.6 Å². The van der Waals surface area contributed by atoms with E-state index in [1.807, 2.05) is 39.8 Å². The molecule has 0 bridgehead atoms. The monoisotopic (exact) mass is 484 g/mol. The lowest BCUT2D eigenvalue weighted by Crippen LogP contribution is -2.42. The van der Waals surface area contributed by atoms with Crippen LogP contribution in [0.25, 0.3) is 0 Å². The number of nitrogens with zero attached hydrogens (tertiary/aromatic N) is 1. The summed E-state index contributed by atoms with van der Waals surface area (Å²) in [7, 11) is -3.99. The molecule has 1 N–H and O–H groups in total. The maximum Gasteiger partial charge on any atom is 0.264 e. The summed E-state index contributed by atoms with van der Waals surface area (Å²) in [4.78, 5) is 13.2. The topological polar surface area (TPSA) is 66.5 Å². The Labute approximate surface area is 201 Å². The lowest BCUT2D eigenvalue weighted by atomic mass is 9.97. The zero-order chi connectivity index (χ0) is 24.2. The molecule has 0 saturated carbocycles. The summed E-state index contributed by atoms with van der Waals surface area (Å²) in [6.07, 6.45) is 0.678. The molecule has 0 aromatic heterocycles. The maximum atomic E-state index is 13.5. The van der Waals surface area contributed by atoms with Gasteiger partial charge in [0, 0.05) is 5.02 Å². The Hall–Kier alpha value is -2.83. The first kappa shape index (κ1) is 24.8. The molecular formula is C26H29ClN2O3S. The van der Waals surface area contributed by atoms with Gasteiger partial charge in [-0.15, -0.1) is 0 Å². The smallest absolute Gasteiger partial charge is 0.264 e. The van der Waals surface area contributed by atoms with Crippen LogP contribution in [0, 0.1) is 20.8 Å². The average molecular weight is 485 g/mol.